The highest BCUT2D eigenvalue weighted by atomic mass is 32.2. The van der Waals surface area contributed by atoms with Crippen molar-refractivity contribution in [3.8, 4) is 0 Å². The Kier molecular flexibility index (Phi) is 5.38. The van der Waals surface area contributed by atoms with Crippen LogP contribution in [0.25, 0.3) is 0 Å². The Hall–Kier alpha value is -2.35. The molecule has 1 aliphatic heterocycles. The number of carboxylic acid groups (broad SMARTS) is 1. The van der Waals surface area contributed by atoms with Crippen LogP contribution >= 0.6 is 11.8 Å². The summed E-state index contributed by atoms with van der Waals surface area (Å²) in [7, 11) is 1.55. The molecule has 0 aliphatic carbocycles. The Morgan fingerprint density at radius 1 is 1.39 bits per heavy atom. The van der Waals surface area contributed by atoms with Crippen molar-refractivity contribution in [3.63, 3.8) is 0 Å². The zero-order chi connectivity index (χ0) is 17.0. The molecule has 2 rings (SSSR count). The molecule has 0 unspecified atom stereocenters. The molecule has 1 heterocycles. The summed E-state index contributed by atoms with van der Waals surface area (Å²) in [5, 5.41) is 8.56. The predicted octanol–water partition coefficient (Wildman–Crippen LogP) is 1.90. The molecule has 1 amide bonds. The lowest BCUT2D eigenvalue weighted by Gasteiger charge is -2.27. The monoisotopic (exact) mass is 336 g/mol. The van der Waals surface area contributed by atoms with Gasteiger partial charge in [-0.15, -0.1) is 0 Å². The molecule has 0 radical (unpaired) electrons. The lowest BCUT2D eigenvalue weighted by molar-refractivity contribution is -0.139. The molecule has 8 heteroatoms. The van der Waals surface area contributed by atoms with E-state index in [1.165, 1.54) is 4.90 Å². The Bertz CT molecular complexity index is 656. The average molecular weight is 336 g/mol. The van der Waals surface area contributed by atoms with Crippen LogP contribution in [0.5, 0.6) is 0 Å². The minimum Gasteiger partial charge on any atom is -0.480 e. The van der Waals surface area contributed by atoms with Gasteiger partial charge < -0.3 is 9.84 Å². The van der Waals surface area contributed by atoms with Crippen LogP contribution in [0.3, 0.4) is 0 Å². The fourth-order valence-electron chi connectivity index (χ4n) is 1.89. The minimum atomic E-state index is -1.04. The van der Waals surface area contributed by atoms with E-state index < -0.39 is 17.2 Å². The van der Waals surface area contributed by atoms with E-state index in [0.29, 0.717) is 23.0 Å². The normalized spacial score (nSPS) is 19.7. The van der Waals surface area contributed by atoms with Crippen molar-refractivity contribution < 1.29 is 24.2 Å². The van der Waals surface area contributed by atoms with Crippen molar-refractivity contribution in [1.29, 1.82) is 0 Å². The maximum absolute atomic E-state index is 11.8. The summed E-state index contributed by atoms with van der Waals surface area (Å²) in [4.78, 5) is 40.1. The Balaban J connectivity index is 2.20. The molecule has 1 aliphatic rings. The molecule has 0 saturated carbocycles. The number of benzene rings is 1. The second-order valence-corrected chi connectivity index (χ2v) is 5.93. The summed E-state index contributed by atoms with van der Waals surface area (Å²) in [6.07, 6.45) is -0.0582. The third-order valence-electron chi connectivity index (χ3n) is 3.15. The second kappa shape index (κ2) is 7.28. The van der Waals surface area contributed by atoms with Gasteiger partial charge in [0.15, 0.2) is 5.17 Å². The number of amidine groups is 1. The fourth-order valence-corrected chi connectivity index (χ4v) is 2.89. The van der Waals surface area contributed by atoms with Gasteiger partial charge >= 0.3 is 11.9 Å². The van der Waals surface area contributed by atoms with Crippen LogP contribution < -0.4 is 0 Å². The van der Waals surface area contributed by atoms with E-state index in [1.54, 1.807) is 38.2 Å². The Morgan fingerprint density at radius 3 is 2.61 bits per heavy atom. The molecule has 1 atom stereocenters. The number of aliphatic carboxylic acids is 1. The van der Waals surface area contributed by atoms with Crippen LogP contribution in [0.1, 0.15) is 23.7 Å². The van der Waals surface area contributed by atoms with E-state index in [1.807, 2.05) is 0 Å². The molecular formula is C15H16N2O5S. The molecule has 0 spiro atoms. The molecule has 23 heavy (non-hydrogen) atoms. The molecule has 0 aromatic heterocycles. The number of ether oxygens (including phenoxy) is 1. The van der Waals surface area contributed by atoms with Crippen molar-refractivity contribution in [2.24, 2.45) is 4.99 Å². The van der Waals surface area contributed by atoms with Crippen LogP contribution in [-0.4, -0.2) is 51.9 Å². The predicted molar refractivity (Wildman–Crippen MR) is 85.9 cm³/mol. The number of carboxylic acids is 1. The molecule has 1 saturated heterocycles. The number of carbonyl (C=O) groups excluding carboxylic acids is 2. The molecule has 1 fully saturated rings. The van der Waals surface area contributed by atoms with Gasteiger partial charge in [0.05, 0.1) is 24.3 Å². The van der Waals surface area contributed by atoms with Crippen molar-refractivity contribution in [2.45, 2.75) is 18.6 Å². The molecule has 1 N–H and O–H groups in total. The van der Waals surface area contributed by atoms with Gasteiger partial charge in [-0.25, -0.2) is 9.79 Å². The van der Waals surface area contributed by atoms with Gasteiger partial charge in [-0.05, 0) is 31.2 Å². The SMILES string of the molecule is CCOC(=O)c1ccc(N=C2S[C@H](C(=O)O)CC(=O)N2C)cc1. The number of nitrogens with zero attached hydrogens (tertiary/aromatic N) is 2. The summed E-state index contributed by atoms with van der Waals surface area (Å²) in [6.45, 7) is 2.02. The number of rotatable bonds is 4. The van der Waals surface area contributed by atoms with E-state index in [2.05, 4.69) is 4.99 Å². The Morgan fingerprint density at radius 2 is 2.04 bits per heavy atom. The van der Waals surface area contributed by atoms with Gasteiger partial charge in [0.1, 0.15) is 5.25 Å². The van der Waals surface area contributed by atoms with Crippen LogP contribution in [0.2, 0.25) is 0 Å². The smallest absolute Gasteiger partial charge is 0.338 e. The second-order valence-electron chi connectivity index (χ2n) is 4.76. The molecule has 7 nitrogen and oxygen atoms in total. The van der Waals surface area contributed by atoms with E-state index in [4.69, 9.17) is 9.84 Å². The molecular weight excluding hydrogens is 320 g/mol. The highest BCUT2D eigenvalue weighted by Gasteiger charge is 2.33. The molecule has 1 aromatic carbocycles. The number of thioether (sulfide) groups is 1. The van der Waals surface area contributed by atoms with Crippen molar-refractivity contribution >= 4 is 40.5 Å². The maximum Gasteiger partial charge on any atom is 0.338 e. The summed E-state index contributed by atoms with van der Waals surface area (Å²) in [6, 6.07) is 6.37. The van der Waals surface area contributed by atoms with E-state index >= 15 is 0 Å². The van der Waals surface area contributed by atoms with Crippen LogP contribution in [0.4, 0.5) is 5.69 Å². The lowest BCUT2D eigenvalue weighted by atomic mass is 10.2. The highest BCUT2D eigenvalue weighted by molar-refractivity contribution is 8.15. The number of carbonyl (C=O) groups is 3. The quantitative estimate of drug-likeness (QED) is 0.844. The van der Waals surface area contributed by atoms with Gasteiger partial charge in [-0.3, -0.25) is 14.5 Å². The molecule has 1 aromatic rings. The first-order valence-electron chi connectivity index (χ1n) is 6.94. The summed E-state index contributed by atoms with van der Waals surface area (Å²) in [5.41, 5.74) is 0.922. The van der Waals surface area contributed by atoms with Gasteiger partial charge in [-0.2, -0.15) is 0 Å². The van der Waals surface area contributed by atoms with Crippen molar-refractivity contribution in [1.82, 2.24) is 4.90 Å². The zero-order valence-corrected chi connectivity index (χ0v) is 13.5. The minimum absolute atomic E-state index is 0.0582. The fraction of sp³-hybridized carbons (Fsp3) is 0.333. The number of hydrogen-bond acceptors (Lipinski definition) is 6. The summed E-state index contributed by atoms with van der Waals surface area (Å²) < 4.78 is 4.89. The average Bonchev–Trinajstić information content (AvgIpc) is 2.52. The highest BCUT2D eigenvalue weighted by Crippen LogP contribution is 2.28. The first-order chi connectivity index (χ1) is 10.9. The van der Waals surface area contributed by atoms with Gasteiger partial charge in [0, 0.05) is 7.05 Å². The topological polar surface area (TPSA) is 96.3 Å². The zero-order valence-electron chi connectivity index (χ0n) is 12.7. The maximum atomic E-state index is 11.8. The first-order valence-corrected chi connectivity index (χ1v) is 7.82. The molecule has 122 valence electrons. The lowest BCUT2D eigenvalue weighted by Crippen LogP contribution is -2.41. The number of aliphatic imine (C=N–C) groups is 1. The standard InChI is InChI=1S/C15H16N2O5S/c1-3-22-14(21)9-4-6-10(7-5-9)16-15-17(2)12(18)8-11(23-15)13(19)20/h4-7,11H,3,8H2,1-2H3,(H,19,20)/t11-/m0/s1. The summed E-state index contributed by atoms with van der Waals surface area (Å²) in [5.74, 6) is -1.75. The van der Waals surface area contributed by atoms with Gasteiger partial charge in [0.25, 0.3) is 0 Å². The largest absolute Gasteiger partial charge is 0.480 e. The van der Waals surface area contributed by atoms with Gasteiger partial charge in [0.2, 0.25) is 5.91 Å². The van der Waals surface area contributed by atoms with Crippen molar-refractivity contribution in [2.75, 3.05) is 13.7 Å². The van der Waals surface area contributed by atoms with Crippen molar-refractivity contribution in [3.05, 3.63) is 29.8 Å². The Labute approximate surface area is 137 Å². The van der Waals surface area contributed by atoms with Crippen LogP contribution in [-0.2, 0) is 14.3 Å². The van der Waals surface area contributed by atoms with E-state index in [9.17, 15) is 14.4 Å². The summed E-state index contributed by atoms with van der Waals surface area (Å²) >= 11 is 1.03. The third-order valence-corrected chi connectivity index (χ3v) is 4.38. The van der Waals surface area contributed by atoms with E-state index in [0.717, 1.165) is 11.8 Å². The van der Waals surface area contributed by atoms with Gasteiger partial charge in [-0.1, -0.05) is 11.8 Å². The molecule has 0 bridgehead atoms. The number of esters is 1. The van der Waals surface area contributed by atoms with Crippen LogP contribution in [0, 0.1) is 0 Å². The number of hydrogen-bond donors (Lipinski definition) is 1. The first kappa shape index (κ1) is 17.0. The van der Waals surface area contributed by atoms with E-state index in [-0.39, 0.29) is 12.3 Å². The number of amides is 1. The third kappa shape index (κ3) is 4.10. The van der Waals surface area contributed by atoms with Crippen LogP contribution in [0.15, 0.2) is 29.3 Å².